The molecule has 1 atom stereocenters. The lowest BCUT2D eigenvalue weighted by Crippen LogP contribution is -2.30. The standard InChI is InChI=1S/C58H112O6/c1-6-7-8-9-10-11-12-13-14-15-16-21-24-27-30-33-40-45-50-58(61)64-55(52-63-57(60)49-44-39-35-34-37-42-47-54(4)5)51-62-56(59)48-43-38-32-29-26-23-20-18-17-19-22-25-28-31-36-41-46-53(2)3/h53-55H,6-52H2,1-5H3/t55-/m1/s1. The van der Waals surface area contributed by atoms with Gasteiger partial charge in [-0.15, -0.1) is 0 Å². The van der Waals surface area contributed by atoms with Crippen LogP contribution in [0.15, 0.2) is 0 Å². The number of carbonyl (C=O) groups excluding carboxylic acids is 3. The molecule has 0 aromatic rings. The fourth-order valence-electron chi connectivity index (χ4n) is 8.87. The van der Waals surface area contributed by atoms with Crippen LogP contribution in [-0.4, -0.2) is 37.2 Å². The highest BCUT2D eigenvalue weighted by atomic mass is 16.6. The molecule has 6 heteroatoms. The summed E-state index contributed by atoms with van der Waals surface area (Å²) in [5, 5.41) is 0. The van der Waals surface area contributed by atoms with Crippen molar-refractivity contribution in [1.82, 2.24) is 0 Å². The molecule has 0 bridgehead atoms. The van der Waals surface area contributed by atoms with E-state index in [0.29, 0.717) is 19.3 Å². The van der Waals surface area contributed by atoms with Gasteiger partial charge in [0.15, 0.2) is 6.10 Å². The van der Waals surface area contributed by atoms with E-state index < -0.39 is 6.10 Å². The summed E-state index contributed by atoms with van der Waals surface area (Å²) in [6.07, 6.45) is 54.0. The predicted molar refractivity (Wildman–Crippen MR) is 275 cm³/mol. The van der Waals surface area contributed by atoms with E-state index in [0.717, 1.165) is 69.6 Å². The van der Waals surface area contributed by atoms with Crippen molar-refractivity contribution in [2.75, 3.05) is 13.2 Å². The molecule has 0 aromatic carbocycles. The SMILES string of the molecule is CCCCCCCCCCCCCCCCCCCCC(=O)O[C@H](COC(=O)CCCCCCCCCCCCCCCCCCC(C)C)COC(=O)CCCCCCCCC(C)C. The minimum absolute atomic E-state index is 0.0637. The zero-order valence-electron chi connectivity index (χ0n) is 43.9. The molecule has 0 radical (unpaired) electrons. The third kappa shape index (κ3) is 51.4. The van der Waals surface area contributed by atoms with Crippen LogP contribution in [0.25, 0.3) is 0 Å². The maximum Gasteiger partial charge on any atom is 0.306 e. The number of esters is 3. The Morgan fingerprint density at radius 1 is 0.297 bits per heavy atom. The zero-order valence-corrected chi connectivity index (χ0v) is 43.9. The molecule has 64 heavy (non-hydrogen) atoms. The molecule has 0 N–H and O–H groups in total. The third-order valence-corrected chi connectivity index (χ3v) is 13.2. The molecule has 0 aliphatic rings. The summed E-state index contributed by atoms with van der Waals surface area (Å²) >= 11 is 0. The first-order chi connectivity index (χ1) is 31.2. The molecule has 0 spiro atoms. The lowest BCUT2D eigenvalue weighted by atomic mass is 10.0. The van der Waals surface area contributed by atoms with Crippen LogP contribution in [0.3, 0.4) is 0 Å². The molecule has 0 amide bonds. The largest absolute Gasteiger partial charge is 0.462 e. The lowest BCUT2D eigenvalue weighted by molar-refractivity contribution is -0.167. The minimum atomic E-state index is -0.763. The fraction of sp³-hybridized carbons (Fsp3) is 0.948. The van der Waals surface area contributed by atoms with Crippen molar-refractivity contribution in [2.24, 2.45) is 11.8 Å². The number of unbranched alkanes of at least 4 members (excludes halogenated alkanes) is 37. The van der Waals surface area contributed by atoms with Crippen molar-refractivity contribution in [2.45, 2.75) is 330 Å². The molecule has 0 fully saturated rings. The average Bonchev–Trinajstić information content (AvgIpc) is 3.27. The number of hydrogen-bond acceptors (Lipinski definition) is 6. The van der Waals surface area contributed by atoms with E-state index >= 15 is 0 Å². The van der Waals surface area contributed by atoms with E-state index in [9.17, 15) is 14.4 Å². The van der Waals surface area contributed by atoms with E-state index in [4.69, 9.17) is 14.2 Å². The average molecular weight is 906 g/mol. The third-order valence-electron chi connectivity index (χ3n) is 13.2. The van der Waals surface area contributed by atoms with Crippen LogP contribution in [0.5, 0.6) is 0 Å². The summed E-state index contributed by atoms with van der Waals surface area (Å²) in [6.45, 7) is 11.3. The van der Waals surface area contributed by atoms with E-state index in [1.807, 2.05) is 0 Å². The van der Waals surface area contributed by atoms with Crippen LogP contribution in [0.2, 0.25) is 0 Å². The Hall–Kier alpha value is -1.59. The number of rotatable bonds is 52. The molecule has 0 rings (SSSR count). The Balaban J connectivity index is 4.21. The summed E-state index contributed by atoms with van der Waals surface area (Å²) in [4.78, 5) is 38.0. The summed E-state index contributed by atoms with van der Waals surface area (Å²) < 4.78 is 16.8. The molecule has 0 unspecified atom stereocenters. The van der Waals surface area contributed by atoms with E-state index in [1.165, 1.54) is 212 Å². The first-order valence-electron chi connectivity index (χ1n) is 28.7. The smallest absolute Gasteiger partial charge is 0.306 e. The second-order valence-corrected chi connectivity index (χ2v) is 20.9. The molecule has 0 aliphatic heterocycles. The Kier molecular flexibility index (Phi) is 49.6. The van der Waals surface area contributed by atoms with Gasteiger partial charge in [-0.3, -0.25) is 14.4 Å². The normalized spacial score (nSPS) is 12.0. The number of carbonyl (C=O) groups is 3. The van der Waals surface area contributed by atoms with Crippen molar-refractivity contribution in [3.05, 3.63) is 0 Å². The van der Waals surface area contributed by atoms with Crippen LogP contribution in [0.4, 0.5) is 0 Å². The predicted octanol–water partition coefficient (Wildman–Crippen LogP) is 18.9. The van der Waals surface area contributed by atoms with Gasteiger partial charge < -0.3 is 14.2 Å². The van der Waals surface area contributed by atoms with Gasteiger partial charge in [0.1, 0.15) is 13.2 Å². The lowest BCUT2D eigenvalue weighted by Gasteiger charge is -2.18. The number of ether oxygens (including phenoxy) is 3. The molecule has 0 aliphatic carbocycles. The second-order valence-electron chi connectivity index (χ2n) is 20.9. The van der Waals surface area contributed by atoms with Crippen LogP contribution in [0, 0.1) is 11.8 Å². The van der Waals surface area contributed by atoms with E-state index in [2.05, 4.69) is 34.6 Å². The summed E-state index contributed by atoms with van der Waals surface area (Å²) in [6, 6.07) is 0. The molecule has 0 heterocycles. The van der Waals surface area contributed by atoms with Gasteiger partial charge in [0.25, 0.3) is 0 Å². The Labute approximate surface area is 399 Å². The molecule has 0 aromatic heterocycles. The van der Waals surface area contributed by atoms with Gasteiger partial charge in [-0.1, -0.05) is 285 Å². The minimum Gasteiger partial charge on any atom is -0.462 e. The van der Waals surface area contributed by atoms with Crippen LogP contribution in [-0.2, 0) is 28.6 Å². The van der Waals surface area contributed by atoms with E-state index in [-0.39, 0.29) is 31.1 Å². The van der Waals surface area contributed by atoms with Gasteiger partial charge in [0.2, 0.25) is 0 Å². The number of hydrogen-bond donors (Lipinski definition) is 0. The summed E-state index contributed by atoms with van der Waals surface area (Å²) in [5.41, 5.74) is 0. The molecule has 6 nitrogen and oxygen atoms in total. The first-order valence-corrected chi connectivity index (χ1v) is 28.7. The van der Waals surface area contributed by atoms with Gasteiger partial charge in [0.05, 0.1) is 0 Å². The first kappa shape index (κ1) is 62.4. The topological polar surface area (TPSA) is 78.9 Å². The van der Waals surface area contributed by atoms with Gasteiger partial charge in [-0.25, -0.2) is 0 Å². The molecular formula is C58H112O6. The van der Waals surface area contributed by atoms with Crippen LogP contribution >= 0.6 is 0 Å². The Bertz CT molecular complexity index is 978. The zero-order chi connectivity index (χ0) is 46.8. The maximum atomic E-state index is 12.8. The highest BCUT2D eigenvalue weighted by Crippen LogP contribution is 2.18. The quantitative estimate of drug-likeness (QED) is 0.0344. The van der Waals surface area contributed by atoms with Gasteiger partial charge in [0, 0.05) is 19.3 Å². The second kappa shape index (κ2) is 50.8. The van der Waals surface area contributed by atoms with Crippen molar-refractivity contribution in [3.63, 3.8) is 0 Å². The maximum absolute atomic E-state index is 12.8. The molecule has 380 valence electrons. The monoisotopic (exact) mass is 905 g/mol. The van der Waals surface area contributed by atoms with E-state index in [1.54, 1.807) is 0 Å². The molecular weight excluding hydrogens is 793 g/mol. The Morgan fingerprint density at radius 3 is 0.766 bits per heavy atom. The highest BCUT2D eigenvalue weighted by Gasteiger charge is 2.19. The highest BCUT2D eigenvalue weighted by molar-refractivity contribution is 5.71. The van der Waals surface area contributed by atoms with Gasteiger partial charge in [-0.05, 0) is 31.1 Å². The summed E-state index contributed by atoms with van der Waals surface area (Å²) in [7, 11) is 0. The van der Waals surface area contributed by atoms with Crippen molar-refractivity contribution < 1.29 is 28.6 Å². The van der Waals surface area contributed by atoms with Gasteiger partial charge in [-0.2, -0.15) is 0 Å². The van der Waals surface area contributed by atoms with Crippen molar-refractivity contribution >= 4 is 17.9 Å². The molecule has 0 saturated heterocycles. The summed E-state index contributed by atoms with van der Waals surface area (Å²) in [5.74, 6) is 0.770. The van der Waals surface area contributed by atoms with Crippen LogP contribution in [0.1, 0.15) is 324 Å². The van der Waals surface area contributed by atoms with Crippen molar-refractivity contribution in [3.8, 4) is 0 Å². The Morgan fingerprint density at radius 2 is 0.516 bits per heavy atom. The van der Waals surface area contributed by atoms with Crippen LogP contribution < -0.4 is 0 Å². The molecule has 0 saturated carbocycles. The van der Waals surface area contributed by atoms with Crippen molar-refractivity contribution in [1.29, 1.82) is 0 Å². The fourth-order valence-corrected chi connectivity index (χ4v) is 8.87. The van der Waals surface area contributed by atoms with Gasteiger partial charge >= 0.3 is 17.9 Å².